The Bertz CT molecular complexity index is 493. The molecule has 124 valence electrons. The predicted octanol–water partition coefficient (Wildman–Crippen LogP) is 1.50. The number of thiol groups is 1. The summed E-state index contributed by atoms with van der Waals surface area (Å²) in [5.41, 5.74) is -0.618. The third-order valence-electron chi connectivity index (χ3n) is 4.02. The van der Waals surface area contributed by atoms with Gasteiger partial charge in [0.15, 0.2) is 4.93 Å². The van der Waals surface area contributed by atoms with Crippen LogP contribution in [0, 0.1) is 18.3 Å². The van der Waals surface area contributed by atoms with Crippen molar-refractivity contribution in [2.75, 3.05) is 27.4 Å². The number of carbonyl (C=O) groups is 1. The van der Waals surface area contributed by atoms with Crippen LogP contribution in [0.2, 0.25) is 0 Å². The number of hydrogen-bond acceptors (Lipinski definition) is 6. The first-order valence-corrected chi connectivity index (χ1v) is 7.50. The molecule has 7 heteroatoms. The monoisotopic (exact) mass is 329 g/mol. The maximum Gasteiger partial charge on any atom is 0.410 e. The van der Waals surface area contributed by atoms with Gasteiger partial charge in [-0.15, -0.1) is 19.1 Å². The fraction of sp³-hybridized carbons (Fsp3) is 0.800. The number of likely N-dealkylation sites (tertiary alicyclic amines) is 1. The summed E-state index contributed by atoms with van der Waals surface area (Å²) in [5, 5.41) is 0. The fourth-order valence-electron chi connectivity index (χ4n) is 2.97. The smallest absolute Gasteiger partial charge is 0.410 e. The molecule has 6 nitrogen and oxygen atoms in total. The van der Waals surface area contributed by atoms with E-state index in [-0.39, 0.29) is 19.1 Å². The number of fused-ring (bicyclic) bond motifs is 1. The highest BCUT2D eigenvalue weighted by molar-refractivity contribution is 7.81. The van der Waals surface area contributed by atoms with Crippen LogP contribution in [0.3, 0.4) is 0 Å². The lowest BCUT2D eigenvalue weighted by molar-refractivity contribution is -0.225. The predicted molar refractivity (Wildman–Crippen MR) is 83.5 cm³/mol. The van der Waals surface area contributed by atoms with Gasteiger partial charge >= 0.3 is 6.09 Å². The van der Waals surface area contributed by atoms with Crippen molar-refractivity contribution in [3.05, 3.63) is 0 Å². The molecule has 0 aromatic carbocycles. The van der Waals surface area contributed by atoms with Crippen LogP contribution >= 0.6 is 12.6 Å². The topological polar surface area (TPSA) is 57.2 Å². The van der Waals surface area contributed by atoms with Crippen LogP contribution in [-0.2, 0) is 18.9 Å². The summed E-state index contributed by atoms with van der Waals surface area (Å²) in [5.74, 6) is 1.14. The molecular weight excluding hydrogens is 306 g/mol. The van der Waals surface area contributed by atoms with Crippen molar-refractivity contribution in [2.24, 2.45) is 5.92 Å². The van der Waals surface area contributed by atoms with Crippen molar-refractivity contribution in [1.82, 2.24) is 4.90 Å². The number of rotatable bonds is 2. The van der Waals surface area contributed by atoms with Crippen molar-refractivity contribution in [3.8, 4) is 12.3 Å². The molecule has 3 atom stereocenters. The van der Waals surface area contributed by atoms with Gasteiger partial charge in [-0.1, -0.05) is 5.92 Å². The maximum atomic E-state index is 12.6. The van der Waals surface area contributed by atoms with Crippen LogP contribution in [0.4, 0.5) is 4.79 Å². The zero-order valence-electron chi connectivity index (χ0n) is 13.6. The lowest BCUT2D eigenvalue weighted by Gasteiger charge is -2.37. The van der Waals surface area contributed by atoms with E-state index in [1.54, 1.807) is 20.8 Å². The molecule has 0 aliphatic carbocycles. The number of nitrogens with zero attached hydrogens (tertiary/aromatic N) is 1. The summed E-state index contributed by atoms with van der Waals surface area (Å²) in [6.07, 6.45) is 5.11. The Hall–Kier alpha value is -0.940. The van der Waals surface area contributed by atoms with Crippen molar-refractivity contribution in [3.63, 3.8) is 0 Å². The van der Waals surface area contributed by atoms with Crippen LogP contribution in [-0.4, -0.2) is 60.7 Å². The third kappa shape index (κ3) is 2.58. The Morgan fingerprint density at radius 2 is 2.00 bits per heavy atom. The van der Waals surface area contributed by atoms with Gasteiger partial charge in [0.05, 0.1) is 5.92 Å². The molecule has 2 rings (SSSR count). The molecule has 0 N–H and O–H groups in total. The zero-order chi connectivity index (χ0) is 16.8. The number of terminal acetylenes is 1. The molecule has 1 amide bonds. The molecule has 0 saturated carbocycles. The zero-order valence-corrected chi connectivity index (χ0v) is 14.5. The van der Waals surface area contributed by atoms with E-state index in [0.29, 0.717) is 0 Å². The summed E-state index contributed by atoms with van der Waals surface area (Å²) in [6, 6.07) is -0.603. The molecular formula is C15H23NO5S. The normalized spacial score (nSPS) is 33.4. The van der Waals surface area contributed by atoms with Crippen molar-refractivity contribution in [1.29, 1.82) is 0 Å². The minimum Gasteiger partial charge on any atom is -0.444 e. The average Bonchev–Trinajstić information content (AvgIpc) is 2.88. The van der Waals surface area contributed by atoms with E-state index in [2.05, 4.69) is 18.5 Å². The van der Waals surface area contributed by atoms with Gasteiger partial charge in [0.25, 0.3) is 0 Å². The van der Waals surface area contributed by atoms with Gasteiger partial charge in [-0.05, 0) is 20.8 Å². The molecule has 0 bridgehead atoms. The largest absolute Gasteiger partial charge is 0.444 e. The van der Waals surface area contributed by atoms with Crippen LogP contribution in [0.1, 0.15) is 20.8 Å². The van der Waals surface area contributed by atoms with Gasteiger partial charge in [0.2, 0.25) is 5.79 Å². The Labute approximate surface area is 136 Å². The SMILES string of the molecule is C#CC1CN(C(=O)OC(C)(C)C)C2C(OC)(OC)CO[C@]12S. The van der Waals surface area contributed by atoms with Gasteiger partial charge in [-0.25, -0.2) is 4.79 Å². The van der Waals surface area contributed by atoms with Gasteiger partial charge in [0, 0.05) is 20.8 Å². The number of hydrogen-bond donors (Lipinski definition) is 1. The van der Waals surface area contributed by atoms with E-state index in [1.807, 2.05) is 0 Å². The molecule has 0 radical (unpaired) electrons. The summed E-state index contributed by atoms with van der Waals surface area (Å²) in [4.78, 5) is 13.0. The molecule has 2 aliphatic heterocycles. The minimum atomic E-state index is -1.12. The van der Waals surface area contributed by atoms with Crippen LogP contribution in [0.5, 0.6) is 0 Å². The molecule has 0 aromatic rings. The van der Waals surface area contributed by atoms with E-state index in [1.165, 1.54) is 19.1 Å². The highest BCUT2D eigenvalue weighted by Crippen LogP contribution is 2.51. The Kier molecular flexibility index (Phi) is 4.44. The summed E-state index contributed by atoms with van der Waals surface area (Å²) < 4.78 is 22.3. The van der Waals surface area contributed by atoms with E-state index >= 15 is 0 Å². The van der Waals surface area contributed by atoms with Crippen molar-refractivity contribution >= 4 is 18.7 Å². The fourth-order valence-corrected chi connectivity index (χ4v) is 3.53. The molecule has 2 unspecified atom stereocenters. The third-order valence-corrected chi connectivity index (χ3v) is 4.71. The van der Waals surface area contributed by atoms with E-state index in [9.17, 15) is 4.79 Å². The van der Waals surface area contributed by atoms with E-state index < -0.39 is 28.5 Å². The molecule has 0 aromatic heterocycles. The summed E-state index contributed by atoms with van der Waals surface area (Å²) >= 11 is 4.63. The first kappa shape index (κ1) is 17.4. The van der Waals surface area contributed by atoms with Gasteiger partial charge in [-0.2, -0.15) is 0 Å². The lowest BCUT2D eigenvalue weighted by atomic mass is 9.98. The molecule has 0 spiro atoms. The molecule has 2 saturated heterocycles. The molecule has 2 heterocycles. The first-order chi connectivity index (χ1) is 10.1. The van der Waals surface area contributed by atoms with Gasteiger partial charge < -0.3 is 18.9 Å². The van der Waals surface area contributed by atoms with Crippen LogP contribution in [0.25, 0.3) is 0 Å². The van der Waals surface area contributed by atoms with Crippen LogP contribution < -0.4 is 0 Å². The molecule has 2 fully saturated rings. The van der Waals surface area contributed by atoms with E-state index in [4.69, 9.17) is 25.4 Å². The van der Waals surface area contributed by atoms with Gasteiger partial charge in [-0.3, -0.25) is 4.90 Å². The van der Waals surface area contributed by atoms with E-state index in [0.717, 1.165) is 0 Å². The average molecular weight is 329 g/mol. The molecule has 22 heavy (non-hydrogen) atoms. The number of amides is 1. The first-order valence-electron chi connectivity index (χ1n) is 7.06. The van der Waals surface area contributed by atoms with Crippen molar-refractivity contribution in [2.45, 2.75) is 43.1 Å². The van der Waals surface area contributed by atoms with Crippen molar-refractivity contribution < 1.29 is 23.7 Å². The standard InChI is InChI=1S/C15H23NO5S/c1-7-10-8-16(12(17)21-13(2,3)4)11-14(18-5,19-6)9-20-15(10,11)22/h1,10-11,22H,8-9H2,2-6H3/t10?,11?,15-/m0/s1. The Morgan fingerprint density at radius 3 is 2.45 bits per heavy atom. The summed E-state index contributed by atoms with van der Waals surface area (Å²) in [7, 11) is 3.01. The Balaban J connectivity index is 2.39. The second-order valence-corrected chi connectivity index (χ2v) is 7.21. The highest BCUT2D eigenvalue weighted by atomic mass is 32.1. The lowest BCUT2D eigenvalue weighted by Crippen LogP contribution is -2.57. The number of carbonyl (C=O) groups excluding carboxylic acids is 1. The highest BCUT2D eigenvalue weighted by Gasteiger charge is 2.69. The van der Waals surface area contributed by atoms with Crippen LogP contribution in [0.15, 0.2) is 0 Å². The molecule has 2 aliphatic rings. The second kappa shape index (κ2) is 5.60. The Morgan fingerprint density at radius 1 is 1.41 bits per heavy atom. The number of ether oxygens (including phenoxy) is 4. The minimum absolute atomic E-state index is 0.131. The summed E-state index contributed by atoms with van der Waals surface area (Å²) in [6.45, 7) is 5.82. The van der Waals surface area contributed by atoms with Gasteiger partial charge in [0.1, 0.15) is 18.2 Å². The second-order valence-electron chi connectivity index (χ2n) is 6.52. The maximum absolute atomic E-state index is 12.6. The quantitative estimate of drug-likeness (QED) is 0.473. The number of methoxy groups -OCH3 is 2.